The summed E-state index contributed by atoms with van der Waals surface area (Å²) in [6, 6.07) is 7.64. The fraction of sp³-hybridized carbons (Fsp3) is 0.312. The van der Waals surface area contributed by atoms with Gasteiger partial charge in [-0.05, 0) is 30.0 Å². The fourth-order valence-corrected chi connectivity index (χ4v) is 3.12. The summed E-state index contributed by atoms with van der Waals surface area (Å²) in [5.74, 6) is 0.0848. The highest BCUT2D eigenvalue weighted by Crippen LogP contribution is 2.51. The molecule has 0 aromatic heterocycles. The van der Waals surface area contributed by atoms with Crippen LogP contribution < -0.4 is 0 Å². The number of carbonyl (C=O) groups is 1. The van der Waals surface area contributed by atoms with Crippen molar-refractivity contribution < 1.29 is 9.53 Å². The topological polar surface area (TPSA) is 73.9 Å². The normalized spacial score (nSPS) is 25.4. The van der Waals surface area contributed by atoms with Crippen LogP contribution in [0.5, 0.6) is 0 Å². The molecule has 1 aromatic rings. The second-order valence-corrected chi connectivity index (χ2v) is 5.12. The molecule has 0 heterocycles. The molecule has 1 aromatic carbocycles. The van der Waals surface area contributed by atoms with Crippen molar-refractivity contribution in [3.63, 3.8) is 0 Å². The summed E-state index contributed by atoms with van der Waals surface area (Å²) in [5.41, 5.74) is 2.63. The molecule has 0 spiro atoms. The quantitative estimate of drug-likeness (QED) is 0.577. The summed E-state index contributed by atoms with van der Waals surface area (Å²) in [5, 5.41) is 18.6. The first-order valence-electron chi connectivity index (χ1n) is 6.48. The molecule has 98 valence electrons. The third kappa shape index (κ3) is 1.70. The van der Waals surface area contributed by atoms with Gasteiger partial charge < -0.3 is 4.74 Å². The van der Waals surface area contributed by atoms with Crippen molar-refractivity contribution in [2.45, 2.75) is 25.4 Å². The Morgan fingerprint density at radius 2 is 1.85 bits per heavy atom. The molecule has 0 unspecified atom stereocenters. The van der Waals surface area contributed by atoms with Crippen molar-refractivity contribution in [1.82, 2.24) is 0 Å². The highest BCUT2D eigenvalue weighted by atomic mass is 16.5. The maximum Gasteiger partial charge on any atom is 0.303 e. The zero-order valence-electron chi connectivity index (χ0n) is 11.0. The van der Waals surface area contributed by atoms with Crippen LogP contribution in [-0.4, -0.2) is 5.97 Å². The van der Waals surface area contributed by atoms with E-state index in [1.54, 1.807) is 12.1 Å². The second-order valence-electron chi connectivity index (χ2n) is 5.12. The highest BCUT2D eigenvalue weighted by molar-refractivity contribution is 5.67. The van der Waals surface area contributed by atoms with Gasteiger partial charge in [0.2, 0.25) is 0 Å². The molecule has 20 heavy (non-hydrogen) atoms. The van der Waals surface area contributed by atoms with Gasteiger partial charge >= 0.3 is 5.97 Å². The summed E-state index contributed by atoms with van der Waals surface area (Å²) < 4.78 is 5.38. The summed E-state index contributed by atoms with van der Waals surface area (Å²) in [7, 11) is 0. The first-order chi connectivity index (χ1) is 9.65. The summed E-state index contributed by atoms with van der Waals surface area (Å²) in [6.45, 7) is 1.36. The monoisotopic (exact) mass is 264 g/mol. The molecule has 0 aliphatic heterocycles. The van der Waals surface area contributed by atoms with Crippen LogP contribution in [0.25, 0.3) is 0 Å². The average molecular weight is 264 g/mol. The standard InChI is InChI=1S/C16H12N2O2/c1-9(19)20-14-6-10-4-5-13(10)15-11(7-17)2-3-12(8-18)16(14)15/h2-5,10,13-14H,6H2,1H3/t10-,13-,14-/m0/s1. The number of nitriles is 2. The predicted octanol–water partition coefficient (Wildman–Crippen LogP) is 2.71. The summed E-state index contributed by atoms with van der Waals surface area (Å²) in [6.07, 6.45) is 4.37. The number of nitrogens with zero attached hydrogens (tertiary/aromatic N) is 2. The fourth-order valence-electron chi connectivity index (χ4n) is 3.12. The maximum absolute atomic E-state index is 11.3. The molecule has 2 aliphatic carbocycles. The van der Waals surface area contributed by atoms with Crippen molar-refractivity contribution in [2.24, 2.45) is 5.92 Å². The number of hydrogen-bond donors (Lipinski definition) is 0. The molecule has 3 atom stereocenters. The predicted molar refractivity (Wildman–Crippen MR) is 70.4 cm³/mol. The molecule has 3 rings (SSSR count). The van der Waals surface area contributed by atoms with Gasteiger partial charge in [0, 0.05) is 18.4 Å². The number of allylic oxidation sites excluding steroid dienone is 2. The Morgan fingerprint density at radius 1 is 1.20 bits per heavy atom. The number of fused-ring (bicyclic) bond motifs is 3. The number of esters is 1. The Labute approximate surface area is 116 Å². The van der Waals surface area contributed by atoms with Crippen LogP contribution in [0.15, 0.2) is 24.3 Å². The van der Waals surface area contributed by atoms with E-state index >= 15 is 0 Å². The summed E-state index contributed by atoms with van der Waals surface area (Å²) >= 11 is 0. The van der Waals surface area contributed by atoms with Gasteiger partial charge in [-0.2, -0.15) is 10.5 Å². The lowest BCUT2D eigenvalue weighted by Crippen LogP contribution is -2.30. The van der Waals surface area contributed by atoms with Crippen molar-refractivity contribution in [3.8, 4) is 12.1 Å². The van der Waals surface area contributed by atoms with Gasteiger partial charge in [0.25, 0.3) is 0 Å². The van der Waals surface area contributed by atoms with Gasteiger partial charge in [-0.3, -0.25) is 4.79 Å². The van der Waals surface area contributed by atoms with Crippen molar-refractivity contribution >= 4 is 5.97 Å². The van der Waals surface area contributed by atoms with Crippen LogP contribution in [0, 0.1) is 28.6 Å². The lowest BCUT2D eigenvalue weighted by Gasteiger charge is -2.40. The largest absolute Gasteiger partial charge is 0.458 e. The van der Waals surface area contributed by atoms with Gasteiger partial charge in [0.15, 0.2) is 0 Å². The van der Waals surface area contributed by atoms with E-state index in [1.807, 2.05) is 0 Å². The van der Waals surface area contributed by atoms with E-state index in [2.05, 4.69) is 24.3 Å². The molecule has 0 saturated carbocycles. The van der Waals surface area contributed by atoms with Crippen LogP contribution >= 0.6 is 0 Å². The Balaban J connectivity index is 2.22. The Kier molecular flexibility index (Phi) is 2.80. The number of rotatable bonds is 1. The number of benzene rings is 1. The van der Waals surface area contributed by atoms with Crippen molar-refractivity contribution in [2.75, 3.05) is 0 Å². The lowest BCUT2D eigenvalue weighted by molar-refractivity contribution is -0.148. The van der Waals surface area contributed by atoms with Gasteiger partial charge in [0.1, 0.15) is 6.10 Å². The molecule has 0 amide bonds. The number of hydrogen-bond acceptors (Lipinski definition) is 4. The lowest BCUT2D eigenvalue weighted by atomic mass is 9.65. The third-order valence-electron chi connectivity index (χ3n) is 4.00. The number of carbonyl (C=O) groups excluding carboxylic acids is 1. The number of ether oxygens (including phenoxy) is 1. The molecule has 4 heteroatoms. The van der Waals surface area contributed by atoms with Crippen LogP contribution in [0.4, 0.5) is 0 Å². The van der Waals surface area contributed by atoms with Crippen molar-refractivity contribution in [3.05, 3.63) is 46.5 Å². The Hall–Kier alpha value is -2.59. The van der Waals surface area contributed by atoms with Crippen LogP contribution in [0.2, 0.25) is 0 Å². The molecule has 0 fully saturated rings. The van der Waals surface area contributed by atoms with Gasteiger partial charge in [-0.15, -0.1) is 0 Å². The molecular formula is C16H12N2O2. The van der Waals surface area contributed by atoms with E-state index in [4.69, 9.17) is 4.74 Å². The summed E-state index contributed by atoms with van der Waals surface area (Å²) in [4.78, 5) is 11.3. The molecular weight excluding hydrogens is 252 g/mol. The minimum absolute atomic E-state index is 0.166. The molecule has 0 bridgehead atoms. The van der Waals surface area contributed by atoms with Gasteiger partial charge in [0.05, 0.1) is 23.3 Å². The third-order valence-corrected chi connectivity index (χ3v) is 4.00. The van der Waals surface area contributed by atoms with E-state index < -0.39 is 6.10 Å². The molecule has 0 radical (unpaired) electrons. The Morgan fingerprint density at radius 3 is 2.35 bits per heavy atom. The first-order valence-corrected chi connectivity index (χ1v) is 6.48. The van der Waals surface area contributed by atoms with E-state index in [9.17, 15) is 15.3 Å². The minimum atomic E-state index is -0.434. The van der Waals surface area contributed by atoms with E-state index in [0.29, 0.717) is 23.1 Å². The second kappa shape index (κ2) is 4.51. The van der Waals surface area contributed by atoms with E-state index in [-0.39, 0.29) is 17.8 Å². The molecule has 4 nitrogen and oxygen atoms in total. The Bertz CT molecular complexity index is 706. The van der Waals surface area contributed by atoms with E-state index in [0.717, 1.165) is 5.56 Å². The van der Waals surface area contributed by atoms with Crippen LogP contribution in [0.1, 0.15) is 47.6 Å². The molecule has 0 N–H and O–H groups in total. The van der Waals surface area contributed by atoms with Crippen LogP contribution in [0.3, 0.4) is 0 Å². The van der Waals surface area contributed by atoms with Crippen molar-refractivity contribution in [1.29, 1.82) is 10.5 Å². The SMILES string of the molecule is CC(=O)O[C@H]1C[C@@H]2C=C[C@@H]2c2c(C#N)ccc(C#N)c21. The maximum atomic E-state index is 11.3. The van der Waals surface area contributed by atoms with Crippen LogP contribution in [-0.2, 0) is 9.53 Å². The van der Waals surface area contributed by atoms with Gasteiger partial charge in [-0.25, -0.2) is 0 Å². The zero-order chi connectivity index (χ0) is 14.3. The molecule has 2 aliphatic rings. The smallest absolute Gasteiger partial charge is 0.303 e. The average Bonchev–Trinajstić information content (AvgIpc) is 2.40. The van der Waals surface area contributed by atoms with Gasteiger partial charge in [-0.1, -0.05) is 12.2 Å². The minimum Gasteiger partial charge on any atom is -0.458 e. The van der Waals surface area contributed by atoms with E-state index in [1.165, 1.54) is 6.92 Å². The highest BCUT2D eigenvalue weighted by Gasteiger charge is 2.40. The first kappa shape index (κ1) is 12.4. The molecule has 0 saturated heterocycles. The zero-order valence-corrected chi connectivity index (χ0v) is 11.0.